The summed E-state index contributed by atoms with van der Waals surface area (Å²) in [5, 5.41) is 8.32. The van der Waals surface area contributed by atoms with Crippen LogP contribution in [0.3, 0.4) is 0 Å². The fourth-order valence-corrected chi connectivity index (χ4v) is 5.49. The number of fused-ring (bicyclic) bond motifs is 2. The average Bonchev–Trinajstić information content (AvgIpc) is 3.53. The van der Waals surface area contributed by atoms with E-state index in [1.807, 2.05) is 66.9 Å². The lowest BCUT2D eigenvalue weighted by atomic mass is 9.87. The van der Waals surface area contributed by atoms with E-state index in [-0.39, 0.29) is 11.8 Å². The van der Waals surface area contributed by atoms with E-state index in [1.165, 1.54) is 5.56 Å². The van der Waals surface area contributed by atoms with Crippen LogP contribution in [0.5, 0.6) is 11.5 Å². The molecule has 180 valence electrons. The lowest BCUT2D eigenvalue weighted by Crippen LogP contribution is -2.24. The maximum Gasteiger partial charge on any atom is 0.226 e. The van der Waals surface area contributed by atoms with Crippen molar-refractivity contribution < 1.29 is 14.3 Å². The number of nitrogens with one attached hydrogen (secondary N) is 1. The van der Waals surface area contributed by atoms with Gasteiger partial charge in [-0.15, -0.1) is 0 Å². The zero-order chi connectivity index (χ0) is 24.5. The molecule has 36 heavy (non-hydrogen) atoms. The van der Waals surface area contributed by atoms with E-state index in [0.717, 1.165) is 32.9 Å². The van der Waals surface area contributed by atoms with Crippen LogP contribution in [-0.4, -0.2) is 34.4 Å². The Balaban J connectivity index is 1.27. The monoisotopic (exact) mass is 496 g/mol. The van der Waals surface area contributed by atoms with Crippen molar-refractivity contribution >= 4 is 33.3 Å². The highest BCUT2D eigenvalue weighted by Gasteiger charge is 2.31. The molecule has 6 rings (SSSR count). The third-order valence-electron chi connectivity index (χ3n) is 6.37. The summed E-state index contributed by atoms with van der Waals surface area (Å²) in [5.41, 5.74) is 4.06. The van der Waals surface area contributed by atoms with E-state index >= 15 is 0 Å². The summed E-state index contributed by atoms with van der Waals surface area (Å²) in [6.07, 6.45) is 2.96. The van der Waals surface area contributed by atoms with Gasteiger partial charge in [-0.25, -0.2) is 4.98 Å². The molecule has 3 heterocycles. The number of thiazole rings is 1. The molecule has 0 radical (unpaired) electrons. The number of amides is 1. The summed E-state index contributed by atoms with van der Waals surface area (Å²) in [6, 6.07) is 24.1. The van der Waals surface area contributed by atoms with E-state index in [2.05, 4.69) is 22.5 Å². The van der Waals surface area contributed by atoms with Gasteiger partial charge in [0, 0.05) is 24.3 Å². The molecule has 0 unspecified atom stereocenters. The van der Waals surface area contributed by atoms with Crippen LogP contribution in [0.1, 0.15) is 29.0 Å². The predicted molar refractivity (Wildman–Crippen MR) is 140 cm³/mol. The second-order valence-electron chi connectivity index (χ2n) is 8.62. The summed E-state index contributed by atoms with van der Waals surface area (Å²) in [6.45, 7) is 0.546. The van der Waals surface area contributed by atoms with Gasteiger partial charge in [0.15, 0.2) is 11.5 Å². The maximum atomic E-state index is 12.7. The van der Waals surface area contributed by atoms with Gasteiger partial charge in [0.05, 0.1) is 30.1 Å². The minimum Gasteiger partial charge on any atom is -0.493 e. The van der Waals surface area contributed by atoms with Crippen molar-refractivity contribution in [3.05, 3.63) is 95.7 Å². The first-order chi connectivity index (χ1) is 17.7. The Bertz CT molecular complexity index is 1510. The van der Waals surface area contributed by atoms with Crippen molar-refractivity contribution in [2.75, 3.05) is 19.0 Å². The number of anilines is 1. The molecular formula is C28H24N4O3S. The standard InChI is InChI=1S/C28H24N4O3S/c1-34-24-15-19(11-12-23(24)35-14-13-18-7-3-2-4-8-18)20-16-26(33)31-27-21(20)17-29-32(27)28-30-22-9-5-6-10-25(22)36-28/h2-12,15,17,20H,13-14,16H2,1H3,(H,31,33)/t20-/m1/s1. The molecule has 0 saturated carbocycles. The van der Waals surface area contributed by atoms with Gasteiger partial charge in [-0.1, -0.05) is 59.9 Å². The highest BCUT2D eigenvalue weighted by molar-refractivity contribution is 7.20. The Labute approximate surface area is 212 Å². The molecule has 1 amide bonds. The van der Waals surface area contributed by atoms with Gasteiger partial charge in [0.25, 0.3) is 0 Å². The third-order valence-corrected chi connectivity index (χ3v) is 7.38. The maximum absolute atomic E-state index is 12.7. The number of nitrogens with zero attached hydrogens (tertiary/aromatic N) is 3. The molecular weight excluding hydrogens is 472 g/mol. The molecule has 3 aromatic carbocycles. The molecule has 2 aromatic heterocycles. The SMILES string of the molecule is COc1cc([C@H]2CC(=O)Nc3c2cnn3-c2nc3ccccc3s2)ccc1OCCc1ccccc1. The summed E-state index contributed by atoms with van der Waals surface area (Å²) in [5.74, 6) is 1.79. The van der Waals surface area contributed by atoms with Crippen LogP contribution in [0.15, 0.2) is 79.0 Å². The molecule has 1 aliphatic rings. The molecule has 1 aliphatic heterocycles. The normalized spacial score (nSPS) is 14.9. The summed E-state index contributed by atoms with van der Waals surface area (Å²) in [4.78, 5) is 17.4. The van der Waals surface area contributed by atoms with Gasteiger partial charge >= 0.3 is 0 Å². The Morgan fingerprint density at radius 3 is 2.72 bits per heavy atom. The molecule has 1 N–H and O–H groups in total. The molecule has 0 aliphatic carbocycles. The number of ether oxygens (including phenoxy) is 2. The Morgan fingerprint density at radius 1 is 1.06 bits per heavy atom. The zero-order valence-corrected chi connectivity index (χ0v) is 20.5. The largest absolute Gasteiger partial charge is 0.493 e. The fraction of sp³-hybridized carbons (Fsp3) is 0.179. The summed E-state index contributed by atoms with van der Waals surface area (Å²) in [7, 11) is 1.63. The van der Waals surface area contributed by atoms with Gasteiger partial charge in [0.2, 0.25) is 11.0 Å². The van der Waals surface area contributed by atoms with Crippen LogP contribution < -0.4 is 14.8 Å². The van der Waals surface area contributed by atoms with Crippen molar-refractivity contribution in [2.24, 2.45) is 0 Å². The molecule has 8 heteroatoms. The summed E-state index contributed by atoms with van der Waals surface area (Å²) >= 11 is 1.54. The highest BCUT2D eigenvalue weighted by atomic mass is 32.1. The van der Waals surface area contributed by atoms with Crippen LogP contribution in [0, 0.1) is 0 Å². The summed E-state index contributed by atoms with van der Waals surface area (Å²) < 4.78 is 14.5. The molecule has 0 fully saturated rings. The van der Waals surface area contributed by atoms with Crippen LogP contribution >= 0.6 is 11.3 Å². The smallest absolute Gasteiger partial charge is 0.226 e. The Morgan fingerprint density at radius 2 is 1.89 bits per heavy atom. The molecule has 0 saturated heterocycles. The van der Waals surface area contributed by atoms with Crippen LogP contribution in [0.2, 0.25) is 0 Å². The van der Waals surface area contributed by atoms with Crippen LogP contribution in [0.25, 0.3) is 15.3 Å². The lowest BCUT2D eigenvalue weighted by molar-refractivity contribution is -0.116. The minimum absolute atomic E-state index is 0.0579. The van der Waals surface area contributed by atoms with Crippen molar-refractivity contribution in [1.29, 1.82) is 0 Å². The van der Waals surface area contributed by atoms with Crippen LogP contribution in [0.4, 0.5) is 5.82 Å². The van der Waals surface area contributed by atoms with E-state index in [0.29, 0.717) is 30.3 Å². The number of carbonyl (C=O) groups excluding carboxylic acids is 1. The molecule has 0 bridgehead atoms. The molecule has 7 nitrogen and oxygen atoms in total. The molecule has 5 aromatic rings. The molecule has 1 atom stereocenters. The lowest BCUT2D eigenvalue weighted by Gasteiger charge is -2.24. The topological polar surface area (TPSA) is 78.3 Å². The minimum atomic E-state index is -0.149. The zero-order valence-electron chi connectivity index (χ0n) is 19.7. The van der Waals surface area contributed by atoms with Crippen LogP contribution in [-0.2, 0) is 11.2 Å². The second kappa shape index (κ2) is 9.47. The number of benzene rings is 3. The second-order valence-corrected chi connectivity index (χ2v) is 9.63. The van der Waals surface area contributed by atoms with Gasteiger partial charge in [-0.3, -0.25) is 4.79 Å². The van der Waals surface area contributed by atoms with E-state index in [9.17, 15) is 4.79 Å². The third kappa shape index (κ3) is 4.20. The first-order valence-electron chi connectivity index (χ1n) is 11.8. The fourth-order valence-electron chi connectivity index (χ4n) is 4.56. The molecule has 0 spiro atoms. The average molecular weight is 497 g/mol. The number of hydrogen-bond acceptors (Lipinski definition) is 6. The number of aromatic nitrogens is 3. The van der Waals surface area contributed by atoms with Gasteiger partial charge in [-0.05, 0) is 35.4 Å². The van der Waals surface area contributed by atoms with E-state index < -0.39 is 0 Å². The Kier molecular flexibility index (Phi) is 5.87. The van der Waals surface area contributed by atoms with E-state index in [4.69, 9.17) is 14.5 Å². The van der Waals surface area contributed by atoms with Gasteiger partial charge < -0.3 is 14.8 Å². The van der Waals surface area contributed by atoms with Crippen molar-refractivity contribution in [2.45, 2.75) is 18.8 Å². The Hall–Kier alpha value is -4.17. The number of carbonyl (C=O) groups is 1. The number of rotatable bonds is 7. The van der Waals surface area contributed by atoms with E-state index in [1.54, 1.807) is 23.1 Å². The van der Waals surface area contributed by atoms with Crippen molar-refractivity contribution in [1.82, 2.24) is 14.8 Å². The predicted octanol–water partition coefficient (Wildman–Crippen LogP) is 5.59. The number of hydrogen-bond donors (Lipinski definition) is 1. The quantitative estimate of drug-likeness (QED) is 0.318. The van der Waals surface area contributed by atoms with Gasteiger partial charge in [-0.2, -0.15) is 9.78 Å². The van der Waals surface area contributed by atoms with Crippen molar-refractivity contribution in [3.63, 3.8) is 0 Å². The number of para-hydroxylation sites is 1. The first-order valence-corrected chi connectivity index (χ1v) is 12.6. The first kappa shape index (κ1) is 22.3. The van der Waals surface area contributed by atoms with Gasteiger partial charge in [0.1, 0.15) is 5.82 Å². The highest BCUT2D eigenvalue weighted by Crippen LogP contribution is 2.41. The number of methoxy groups -OCH3 is 1. The van der Waals surface area contributed by atoms with Crippen molar-refractivity contribution in [3.8, 4) is 16.6 Å².